The minimum Gasteiger partial charge on any atom is -0.374 e. The monoisotopic (exact) mass is 344 g/mol. The van der Waals surface area contributed by atoms with Crippen molar-refractivity contribution in [3.05, 3.63) is 71.8 Å². The number of amides is 1. The van der Waals surface area contributed by atoms with Crippen LogP contribution in [0.25, 0.3) is 5.69 Å². The highest BCUT2D eigenvalue weighted by Crippen LogP contribution is 2.20. The van der Waals surface area contributed by atoms with Gasteiger partial charge in [-0.05, 0) is 36.4 Å². The van der Waals surface area contributed by atoms with Gasteiger partial charge >= 0.3 is 0 Å². The average molecular weight is 345 g/mol. The van der Waals surface area contributed by atoms with Crippen molar-refractivity contribution in [2.45, 2.75) is 0 Å². The third-order valence-electron chi connectivity index (χ3n) is 3.30. The quantitative estimate of drug-likeness (QED) is 0.741. The first kappa shape index (κ1) is 16.0. The second-order valence-corrected chi connectivity index (χ2v) is 5.41. The second-order valence-electron chi connectivity index (χ2n) is 5.00. The van der Waals surface area contributed by atoms with E-state index in [1.807, 2.05) is 36.5 Å². The molecule has 5 nitrogen and oxygen atoms in total. The topological polar surface area (TPSA) is 59.0 Å². The molecule has 3 aromatic rings. The van der Waals surface area contributed by atoms with Gasteiger partial charge < -0.3 is 10.6 Å². The van der Waals surface area contributed by atoms with Crippen LogP contribution in [0.2, 0.25) is 5.02 Å². The molecule has 0 unspecified atom stereocenters. The van der Waals surface area contributed by atoms with Crippen molar-refractivity contribution in [2.24, 2.45) is 0 Å². The van der Waals surface area contributed by atoms with E-state index in [0.717, 1.165) is 11.4 Å². The maximum absolute atomic E-state index is 13.1. The molecule has 122 valence electrons. The van der Waals surface area contributed by atoms with Gasteiger partial charge in [0.25, 0.3) is 0 Å². The summed E-state index contributed by atoms with van der Waals surface area (Å²) >= 11 is 5.70. The van der Waals surface area contributed by atoms with E-state index < -0.39 is 5.82 Å². The smallest absolute Gasteiger partial charge is 0.243 e. The van der Waals surface area contributed by atoms with Crippen molar-refractivity contribution in [2.75, 3.05) is 17.2 Å². The summed E-state index contributed by atoms with van der Waals surface area (Å²) in [5, 5.41) is 9.88. The molecule has 24 heavy (non-hydrogen) atoms. The van der Waals surface area contributed by atoms with Crippen molar-refractivity contribution in [1.29, 1.82) is 0 Å². The van der Waals surface area contributed by atoms with E-state index in [-0.39, 0.29) is 17.5 Å². The SMILES string of the molecule is O=C(CNc1ccccc1-n1cccn1)Nc1ccc(F)c(Cl)c1. The number of nitrogens with zero attached hydrogens (tertiary/aromatic N) is 2. The Morgan fingerprint density at radius 2 is 2.04 bits per heavy atom. The highest BCUT2D eigenvalue weighted by molar-refractivity contribution is 6.31. The predicted octanol–water partition coefficient (Wildman–Crippen LogP) is 3.72. The summed E-state index contributed by atoms with van der Waals surface area (Å²) in [6, 6.07) is 13.4. The van der Waals surface area contributed by atoms with Crippen LogP contribution in [0.4, 0.5) is 15.8 Å². The fraction of sp³-hybridized carbons (Fsp3) is 0.0588. The van der Waals surface area contributed by atoms with E-state index in [0.29, 0.717) is 5.69 Å². The molecule has 2 aromatic carbocycles. The van der Waals surface area contributed by atoms with Crippen LogP contribution in [0.5, 0.6) is 0 Å². The molecule has 0 aliphatic rings. The summed E-state index contributed by atoms with van der Waals surface area (Å²) in [5.41, 5.74) is 2.04. The van der Waals surface area contributed by atoms with E-state index in [1.165, 1.54) is 18.2 Å². The molecule has 0 bridgehead atoms. The molecule has 0 saturated carbocycles. The zero-order valence-corrected chi connectivity index (χ0v) is 13.3. The number of carbonyl (C=O) groups is 1. The van der Waals surface area contributed by atoms with Crippen molar-refractivity contribution in [3.8, 4) is 5.69 Å². The van der Waals surface area contributed by atoms with Crippen LogP contribution in [0, 0.1) is 5.82 Å². The lowest BCUT2D eigenvalue weighted by Crippen LogP contribution is -2.22. The summed E-state index contributed by atoms with van der Waals surface area (Å²) in [6.45, 7) is 0.0489. The molecular weight excluding hydrogens is 331 g/mol. The molecular formula is C17H14ClFN4O. The number of hydrogen-bond acceptors (Lipinski definition) is 3. The standard InChI is InChI=1S/C17H14ClFN4O/c18-13-10-12(6-7-14(13)19)22-17(24)11-20-15-4-1-2-5-16(15)23-9-3-8-21-23/h1-10,20H,11H2,(H,22,24). The van der Waals surface area contributed by atoms with E-state index in [4.69, 9.17) is 11.6 Å². The van der Waals surface area contributed by atoms with Crippen molar-refractivity contribution in [1.82, 2.24) is 9.78 Å². The molecule has 0 atom stereocenters. The molecule has 0 fully saturated rings. The Balaban J connectivity index is 1.66. The molecule has 0 spiro atoms. The Kier molecular flexibility index (Phi) is 4.77. The largest absolute Gasteiger partial charge is 0.374 e. The normalized spacial score (nSPS) is 10.4. The number of para-hydroxylation sites is 2. The van der Waals surface area contributed by atoms with Crippen LogP contribution < -0.4 is 10.6 Å². The first-order valence-electron chi connectivity index (χ1n) is 7.21. The number of halogens is 2. The number of anilines is 2. The highest BCUT2D eigenvalue weighted by atomic mass is 35.5. The molecule has 0 aliphatic heterocycles. The molecule has 3 rings (SSSR count). The van der Waals surface area contributed by atoms with E-state index in [1.54, 1.807) is 10.9 Å². The molecule has 2 N–H and O–H groups in total. The van der Waals surface area contributed by atoms with Gasteiger partial charge in [0.1, 0.15) is 5.82 Å². The minimum absolute atomic E-state index is 0.0372. The molecule has 1 aromatic heterocycles. The van der Waals surface area contributed by atoms with Gasteiger partial charge in [0, 0.05) is 18.1 Å². The first-order valence-corrected chi connectivity index (χ1v) is 7.59. The fourth-order valence-electron chi connectivity index (χ4n) is 2.19. The Labute approximate surface area is 143 Å². The van der Waals surface area contributed by atoms with Crippen LogP contribution in [0.1, 0.15) is 0 Å². The van der Waals surface area contributed by atoms with Crippen LogP contribution in [0.15, 0.2) is 60.9 Å². The third kappa shape index (κ3) is 3.72. The average Bonchev–Trinajstić information content (AvgIpc) is 3.11. The third-order valence-corrected chi connectivity index (χ3v) is 3.59. The highest BCUT2D eigenvalue weighted by Gasteiger charge is 2.08. The number of hydrogen-bond donors (Lipinski definition) is 2. The number of nitrogens with one attached hydrogen (secondary N) is 2. The van der Waals surface area contributed by atoms with Gasteiger partial charge in [0.05, 0.1) is 22.9 Å². The van der Waals surface area contributed by atoms with Gasteiger partial charge in [0.15, 0.2) is 0 Å². The zero-order valence-electron chi connectivity index (χ0n) is 12.5. The first-order chi connectivity index (χ1) is 11.6. The predicted molar refractivity (Wildman–Crippen MR) is 92.1 cm³/mol. The van der Waals surface area contributed by atoms with Crippen LogP contribution in [-0.4, -0.2) is 22.2 Å². The Morgan fingerprint density at radius 1 is 1.21 bits per heavy atom. The number of rotatable bonds is 5. The van der Waals surface area contributed by atoms with E-state index >= 15 is 0 Å². The lowest BCUT2D eigenvalue weighted by atomic mass is 10.2. The molecule has 0 saturated heterocycles. The van der Waals surface area contributed by atoms with Gasteiger partial charge in [-0.3, -0.25) is 4.79 Å². The lowest BCUT2D eigenvalue weighted by molar-refractivity contribution is -0.114. The summed E-state index contributed by atoms with van der Waals surface area (Å²) in [7, 11) is 0. The van der Waals surface area contributed by atoms with Gasteiger partial charge in [-0.1, -0.05) is 23.7 Å². The Morgan fingerprint density at radius 3 is 2.79 bits per heavy atom. The van der Waals surface area contributed by atoms with Gasteiger partial charge in [-0.15, -0.1) is 0 Å². The van der Waals surface area contributed by atoms with Crippen molar-refractivity contribution in [3.63, 3.8) is 0 Å². The lowest BCUT2D eigenvalue weighted by Gasteiger charge is -2.12. The van der Waals surface area contributed by atoms with Crippen molar-refractivity contribution >= 4 is 28.9 Å². The number of carbonyl (C=O) groups excluding carboxylic acids is 1. The second kappa shape index (κ2) is 7.14. The maximum Gasteiger partial charge on any atom is 0.243 e. The zero-order chi connectivity index (χ0) is 16.9. The van der Waals surface area contributed by atoms with Crippen LogP contribution in [-0.2, 0) is 4.79 Å². The van der Waals surface area contributed by atoms with Crippen LogP contribution in [0.3, 0.4) is 0 Å². The molecule has 1 amide bonds. The number of aromatic nitrogens is 2. The minimum atomic E-state index is -0.527. The van der Waals surface area contributed by atoms with E-state index in [2.05, 4.69) is 15.7 Å². The summed E-state index contributed by atoms with van der Waals surface area (Å²) < 4.78 is 14.8. The van der Waals surface area contributed by atoms with Gasteiger partial charge in [0.2, 0.25) is 5.91 Å². The molecule has 1 heterocycles. The fourth-order valence-corrected chi connectivity index (χ4v) is 2.37. The van der Waals surface area contributed by atoms with Crippen molar-refractivity contribution < 1.29 is 9.18 Å². The van der Waals surface area contributed by atoms with Gasteiger partial charge in [-0.25, -0.2) is 9.07 Å². The molecule has 0 radical (unpaired) electrons. The summed E-state index contributed by atoms with van der Waals surface area (Å²) in [5.74, 6) is -0.797. The molecule has 7 heteroatoms. The maximum atomic E-state index is 13.1. The summed E-state index contributed by atoms with van der Waals surface area (Å²) in [4.78, 5) is 12.0. The summed E-state index contributed by atoms with van der Waals surface area (Å²) in [6.07, 6.45) is 3.50. The van der Waals surface area contributed by atoms with Gasteiger partial charge in [-0.2, -0.15) is 5.10 Å². The Bertz CT molecular complexity index is 852. The Hall–Kier alpha value is -2.86. The number of benzene rings is 2. The molecule has 0 aliphatic carbocycles. The van der Waals surface area contributed by atoms with E-state index in [9.17, 15) is 9.18 Å². The van der Waals surface area contributed by atoms with Crippen LogP contribution >= 0.6 is 11.6 Å².